The molecule has 132 valence electrons. The van der Waals surface area contributed by atoms with Crippen molar-refractivity contribution in [3.63, 3.8) is 0 Å². The average Bonchev–Trinajstić information content (AvgIpc) is 2.60. The smallest absolute Gasteiger partial charge is 0.267 e. The predicted molar refractivity (Wildman–Crippen MR) is 107 cm³/mol. The molecule has 0 aliphatic carbocycles. The van der Waals surface area contributed by atoms with Crippen LogP contribution in [0.15, 0.2) is 63.9 Å². The lowest BCUT2D eigenvalue weighted by atomic mass is 10.1. The number of nitrogens with one attached hydrogen (secondary N) is 1. The third-order valence-electron chi connectivity index (χ3n) is 3.48. The van der Waals surface area contributed by atoms with Crippen LogP contribution in [0.1, 0.15) is 0 Å². The summed E-state index contributed by atoms with van der Waals surface area (Å²) in [5.74, 6) is -0.435. The lowest BCUT2D eigenvalue weighted by Crippen LogP contribution is -2.29. The van der Waals surface area contributed by atoms with Gasteiger partial charge < -0.3 is 5.32 Å². The summed E-state index contributed by atoms with van der Waals surface area (Å²) in [7, 11) is 0. The molecule has 0 bridgehead atoms. The van der Waals surface area contributed by atoms with Crippen LogP contribution in [0, 0.1) is 0 Å². The molecular formula is C18H12BrCl2N3O2. The van der Waals surface area contributed by atoms with Crippen LogP contribution in [-0.4, -0.2) is 15.7 Å². The number of carbonyl (C=O) groups is 1. The van der Waals surface area contributed by atoms with Crippen molar-refractivity contribution in [3.05, 3.63) is 79.5 Å². The molecule has 3 aromatic rings. The van der Waals surface area contributed by atoms with E-state index in [9.17, 15) is 9.59 Å². The summed E-state index contributed by atoms with van der Waals surface area (Å²) in [4.78, 5) is 24.3. The van der Waals surface area contributed by atoms with Crippen molar-refractivity contribution in [2.45, 2.75) is 6.54 Å². The molecule has 0 atom stereocenters. The first-order valence-corrected chi connectivity index (χ1v) is 9.06. The van der Waals surface area contributed by atoms with E-state index in [1.54, 1.807) is 18.2 Å². The maximum absolute atomic E-state index is 12.3. The molecule has 0 aliphatic rings. The van der Waals surface area contributed by atoms with Gasteiger partial charge in [0, 0.05) is 21.1 Å². The zero-order valence-corrected chi connectivity index (χ0v) is 16.3. The minimum atomic E-state index is -0.435. The van der Waals surface area contributed by atoms with Crippen molar-refractivity contribution >= 4 is 50.7 Å². The fraction of sp³-hybridized carbons (Fsp3) is 0.0556. The van der Waals surface area contributed by atoms with E-state index in [1.165, 1.54) is 12.1 Å². The second-order valence-corrected chi connectivity index (χ2v) is 7.16. The molecule has 0 spiro atoms. The minimum Gasteiger partial charge on any atom is -0.323 e. The molecule has 1 aromatic heterocycles. The van der Waals surface area contributed by atoms with Gasteiger partial charge in [0.2, 0.25) is 5.91 Å². The molecular weight excluding hydrogens is 441 g/mol. The van der Waals surface area contributed by atoms with Gasteiger partial charge in [-0.3, -0.25) is 9.59 Å². The van der Waals surface area contributed by atoms with Crippen LogP contribution in [0.2, 0.25) is 10.0 Å². The van der Waals surface area contributed by atoms with E-state index >= 15 is 0 Å². The van der Waals surface area contributed by atoms with E-state index < -0.39 is 5.91 Å². The molecule has 2 aromatic carbocycles. The SMILES string of the molecule is O=C(Cn1nc(-c2cccc(Br)c2)ccc1=O)Nc1cc(Cl)ccc1Cl. The molecule has 0 aliphatic heterocycles. The van der Waals surface area contributed by atoms with Crippen LogP contribution in [0.5, 0.6) is 0 Å². The van der Waals surface area contributed by atoms with Crippen molar-refractivity contribution in [1.82, 2.24) is 9.78 Å². The molecule has 1 N–H and O–H groups in total. The topological polar surface area (TPSA) is 64.0 Å². The molecule has 26 heavy (non-hydrogen) atoms. The molecule has 0 saturated carbocycles. The number of amides is 1. The van der Waals surface area contributed by atoms with Crippen LogP contribution < -0.4 is 10.9 Å². The number of aromatic nitrogens is 2. The van der Waals surface area contributed by atoms with Crippen LogP contribution in [0.25, 0.3) is 11.3 Å². The molecule has 0 saturated heterocycles. The normalized spacial score (nSPS) is 10.6. The summed E-state index contributed by atoms with van der Waals surface area (Å²) in [5.41, 5.74) is 1.40. The number of rotatable bonds is 4. The quantitative estimate of drug-likeness (QED) is 0.628. The van der Waals surface area contributed by atoms with E-state index in [1.807, 2.05) is 24.3 Å². The van der Waals surface area contributed by atoms with E-state index in [-0.39, 0.29) is 12.1 Å². The first-order valence-electron chi connectivity index (χ1n) is 7.51. The summed E-state index contributed by atoms with van der Waals surface area (Å²) in [6, 6.07) is 15.2. The fourth-order valence-corrected chi connectivity index (χ4v) is 3.02. The van der Waals surface area contributed by atoms with Crippen molar-refractivity contribution in [1.29, 1.82) is 0 Å². The Kier molecular flexibility index (Phi) is 5.76. The molecule has 1 heterocycles. The van der Waals surface area contributed by atoms with E-state index in [0.29, 0.717) is 21.4 Å². The Morgan fingerprint density at radius 3 is 2.69 bits per heavy atom. The molecule has 8 heteroatoms. The Morgan fingerprint density at radius 1 is 1.12 bits per heavy atom. The monoisotopic (exact) mass is 451 g/mol. The number of benzene rings is 2. The number of hydrogen-bond acceptors (Lipinski definition) is 3. The third kappa shape index (κ3) is 4.52. The number of anilines is 1. The van der Waals surface area contributed by atoms with Gasteiger partial charge in [0.05, 0.1) is 16.4 Å². The van der Waals surface area contributed by atoms with E-state index in [2.05, 4.69) is 26.3 Å². The first-order chi connectivity index (χ1) is 12.4. The van der Waals surface area contributed by atoms with Crippen LogP contribution in [0.3, 0.4) is 0 Å². The van der Waals surface area contributed by atoms with Crippen LogP contribution >= 0.6 is 39.1 Å². The van der Waals surface area contributed by atoms with Gasteiger partial charge in [-0.15, -0.1) is 0 Å². The maximum Gasteiger partial charge on any atom is 0.267 e. The second kappa shape index (κ2) is 8.03. The maximum atomic E-state index is 12.3. The van der Waals surface area contributed by atoms with Gasteiger partial charge in [0.15, 0.2) is 0 Å². The Balaban J connectivity index is 1.83. The van der Waals surface area contributed by atoms with Crippen LogP contribution in [-0.2, 0) is 11.3 Å². The molecule has 0 fully saturated rings. The lowest BCUT2D eigenvalue weighted by molar-refractivity contribution is -0.117. The second-order valence-electron chi connectivity index (χ2n) is 5.40. The van der Waals surface area contributed by atoms with Gasteiger partial charge in [0.1, 0.15) is 6.54 Å². The van der Waals surface area contributed by atoms with Gasteiger partial charge >= 0.3 is 0 Å². The summed E-state index contributed by atoms with van der Waals surface area (Å²) in [5, 5.41) is 7.70. The predicted octanol–water partition coefficient (Wildman–Crippen LogP) is 4.62. The number of nitrogens with zero attached hydrogens (tertiary/aromatic N) is 2. The molecule has 0 radical (unpaired) electrons. The third-order valence-corrected chi connectivity index (χ3v) is 4.54. The largest absolute Gasteiger partial charge is 0.323 e. The molecule has 5 nitrogen and oxygen atoms in total. The van der Waals surface area contributed by atoms with Crippen LogP contribution in [0.4, 0.5) is 5.69 Å². The minimum absolute atomic E-state index is 0.247. The number of carbonyl (C=O) groups excluding carboxylic acids is 1. The van der Waals surface area contributed by atoms with Gasteiger partial charge in [-0.25, -0.2) is 4.68 Å². The summed E-state index contributed by atoms with van der Waals surface area (Å²) >= 11 is 15.3. The van der Waals surface area contributed by atoms with Gasteiger partial charge in [-0.2, -0.15) is 5.10 Å². The highest BCUT2D eigenvalue weighted by Crippen LogP contribution is 2.25. The van der Waals surface area contributed by atoms with E-state index in [0.717, 1.165) is 14.7 Å². The molecule has 0 unspecified atom stereocenters. The van der Waals surface area contributed by atoms with Gasteiger partial charge in [0.25, 0.3) is 5.56 Å². The van der Waals surface area contributed by atoms with E-state index in [4.69, 9.17) is 23.2 Å². The lowest BCUT2D eigenvalue weighted by Gasteiger charge is -2.10. The highest BCUT2D eigenvalue weighted by Gasteiger charge is 2.10. The zero-order chi connectivity index (χ0) is 18.7. The Hall–Kier alpha value is -2.15. The summed E-state index contributed by atoms with van der Waals surface area (Å²) in [6.45, 7) is -0.247. The van der Waals surface area contributed by atoms with Gasteiger partial charge in [-0.05, 0) is 36.4 Å². The Bertz CT molecular complexity index is 1040. The number of hydrogen-bond donors (Lipinski definition) is 1. The van der Waals surface area contributed by atoms with Crippen molar-refractivity contribution in [2.75, 3.05) is 5.32 Å². The Morgan fingerprint density at radius 2 is 1.92 bits per heavy atom. The van der Waals surface area contributed by atoms with Crippen molar-refractivity contribution in [2.24, 2.45) is 0 Å². The summed E-state index contributed by atoms with van der Waals surface area (Å²) < 4.78 is 1.99. The van der Waals surface area contributed by atoms with Crippen molar-refractivity contribution < 1.29 is 4.79 Å². The number of halogens is 3. The average molecular weight is 453 g/mol. The first kappa shape index (κ1) is 18.6. The highest BCUT2D eigenvalue weighted by atomic mass is 79.9. The zero-order valence-electron chi connectivity index (χ0n) is 13.2. The fourth-order valence-electron chi connectivity index (χ4n) is 2.28. The highest BCUT2D eigenvalue weighted by molar-refractivity contribution is 9.10. The van der Waals surface area contributed by atoms with Crippen molar-refractivity contribution in [3.8, 4) is 11.3 Å². The molecule has 3 rings (SSSR count). The summed E-state index contributed by atoms with van der Waals surface area (Å²) in [6.07, 6.45) is 0. The standard InChI is InChI=1S/C18H12BrCl2N3O2/c19-12-3-1-2-11(8-12)15-6-7-18(26)24(23-15)10-17(25)22-16-9-13(20)4-5-14(16)21/h1-9H,10H2,(H,22,25). The van der Waals surface area contributed by atoms with Gasteiger partial charge in [-0.1, -0.05) is 51.3 Å². The molecule has 1 amide bonds. The Labute approximate surface area is 167 Å².